The topological polar surface area (TPSA) is 51.2 Å². The number of hydrogen-bond acceptors (Lipinski definition) is 4. The van der Waals surface area contributed by atoms with Crippen LogP contribution in [0.25, 0.3) is 11.2 Å². The molecule has 3 aromatic heterocycles. The number of aromatic nitrogens is 5. The highest BCUT2D eigenvalue weighted by molar-refractivity contribution is 5.68. The van der Waals surface area contributed by atoms with Gasteiger partial charge in [0.05, 0.1) is 17.6 Å². The van der Waals surface area contributed by atoms with E-state index in [-0.39, 0.29) is 0 Å². The molecule has 0 fully saturated rings. The summed E-state index contributed by atoms with van der Waals surface area (Å²) < 4.78 is 3.75. The van der Waals surface area contributed by atoms with Gasteiger partial charge < -0.3 is 4.90 Å². The SMILES string of the molecule is Cc1cc2c(N(C)Cc3cnn(-c4ccccc4)c3)nccn2n1. The third-order valence-corrected chi connectivity index (χ3v) is 3.93. The Labute approximate surface area is 140 Å². The molecule has 0 saturated heterocycles. The summed E-state index contributed by atoms with van der Waals surface area (Å²) >= 11 is 0. The van der Waals surface area contributed by atoms with Crippen molar-refractivity contribution >= 4 is 11.3 Å². The highest BCUT2D eigenvalue weighted by atomic mass is 15.3. The van der Waals surface area contributed by atoms with Crippen molar-refractivity contribution in [2.45, 2.75) is 13.5 Å². The van der Waals surface area contributed by atoms with Gasteiger partial charge in [0.1, 0.15) is 5.52 Å². The molecule has 0 spiro atoms. The Morgan fingerprint density at radius 2 is 2.00 bits per heavy atom. The van der Waals surface area contributed by atoms with Crippen molar-refractivity contribution in [3.63, 3.8) is 0 Å². The summed E-state index contributed by atoms with van der Waals surface area (Å²) in [6, 6.07) is 12.1. The highest BCUT2D eigenvalue weighted by Crippen LogP contribution is 2.20. The quantitative estimate of drug-likeness (QED) is 0.580. The zero-order valence-electron chi connectivity index (χ0n) is 13.7. The maximum Gasteiger partial charge on any atom is 0.154 e. The van der Waals surface area contributed by atoms with Gasteiger partial charge in [-0.15, -0.1) is 0 Å². The Balaban J connectivity index is 1.60. The Hall–Kier alpha value is -3.15. The van der Waals surface area contributed by atoms with Crippen LogP contribution < -0.4 is 4.90 Å². The molecule has 120 valence electrons. The van der Waals surface area contributed by atoms with E-state index in [4.69, 9.17) is 0 Å². The van der Waals surface area contributed by atoms with Crippen molar-refractivity contribution < 1.29 is 0 Å². The van der Waals surface area contributed by atoms with Crippen LogP contribution in [0, 0.1) is 6.92 Å². The lowest BCUT2D eigenvalue weighted by Crippen LogP contribution is -2.18. The Morgan fingerprint density at radius 1 is 1.17 bits per heavy atom. The van der Waals surface area contributed by atoms with Crippen LogP contribution in [0.15, 0.2) is 61.2 Å². The molecule has 6 nitrogen and oxygen atoms in total. The van der Waals surface area contributed by atoms with E-state index < -0.39 is 0 Å². The second-order valence-corrected chi connectivity index (χ2v) is 5.85. The monoisotopic (exact) mass is 318 g/mol. The van der Waals surface area contributed by atoms with E-state index in [0.29, 0.717) is 0 Å². The molecule has 0 atom stereocenters. The first-order valence-electron chi connectivity index (χ1n) is 7.82. The maximum absolute atomic E-state index is 4.52. The van der Waals surface area contributed by atoms with E-state index in [1.807, 2.05) is 78.2 Å². The average Bonchev–Trinajstić information content (AvgIpc) is 3.20. The second-order valence-electron chi connectivity index (χ2n) is 5.85. The molecule has 0 bridgehead atoms. The molecule has 4 rings (SSSR count). The van der Waals surface area contributed by atoms with Gasteiger partial charge in [0.2, 0.25) is 0 Å². The number of aryl methyl sites for hydroxylation is 1. The first-order chi connectivity index (χ1) is 11.7. The third kappa shape index (κ3) is 2.62. The summed E-state index contributed by atoms with van der Waals surface area (Å²) in [4.78, 5) is 6.63. The minimum absolute atomic E-state index is 0.726. The molecule has 0 saturated carbocycles. The van der Waals surface area contributed by atoms with Crippen LogP contribution in [-0.2, 0) is 6.54 Å². The lowest BCUT2D eigenvalue weighted by atomic mass is 10.3. The van der Waals surface area contributed by atoms with Crippen molar-refractivity contribution in [2.75, 3.05) is 11.9 Å². The Kier molecular flexibility index (Phi) is 3.49. The van der Waals surface area contributed by atoms with E-state index in [1.54, 1.807) is 6.20 Å². The lowest BCUT2D eigenvalue weighted by Gasteiger charge is -2.17. The molecule has 0 unspecified atom stereocenters. The number of benzene rings is 1. The average molecular weight is 318 g/mol. The van der Waals surface area contributed by atoms with Crippen LogP contribution in [-0.4, -0.2) is 31.4 Å². The molecule has 0 aliphatic rings. The largest absolute Gasteiger partial charge is 0.353 e. The predicted molar refractivity (Wildman–Crippen MR) is 93.4 cm³/mol. The van der Waals surface area contributed by atoms with Gasteiger partial charge in [-0.3, -0.25) is 0 Å². The first kappa shape index (κ1) is 14.4. The number of fused-ring (bicyclic) bond motifs is 1. The van der Waals surface area contributed by atoms with E-state index in [1.165, 1.54) is 0 Å². The van der Waals surface area contributed by atoms with Crippen molar-refractivity contribution in [3.05, 3.63) is 72.4 Å². The van der Waals surface area contributed by atoms with Gasteiger partial charge in [0.25, 0.3) is 0 Å². The fourth-order valence-electron chi connectivity index (χ4n) is 2.84. The third-order valence-electron chi connectivity index (χ3n) is 3.93. The predicted octanol–water partition coefficient (Wildman–Crippen LogP) is 2.86. The molecule has 0 amide bonds. The highest BCUT2D eigenvalue weighted by Gasteiger charge is 2.11. The summed E-state index contributed by atoms with van der Waals surface area (Å²) in [5, 5.41) is 8.89. The van der Waals surface area contributed by atoms with Crippen molar-refractivity contribution in [1.29, 1.82) is 0 Å². The summed E-state index contributed by atoms with van der Waals surface area (Å²) in [7, 11) is 2.03. The van der Waals surface area contributed by atoms with Gasteiger partial charge in [-0.1, -0.05) is 18.2 Å². The van der Waals surface area contributed by atoms with Gasteiger partial charge in [-0.2, -0.15) is 10.2 Å². The Morgan fingerprint density at radius 3 is 2.83 bits per heavy atom. The van der Waals surface area contributed by atoms with Crippen molar-refractivity contribution in [3.8, 4) is 5.69 Å². The number of nitrogens with zero attached hydrogens (tertiary/aromatic N) is 6. The van der Waals surface area contributed by atoms with E-state index in [0.717, 1.165) is 34.8 Å². The van der Waals surface area contributed by atoms with Gasteiger partial charge >= 0.3 is 0 Å². The van der Waals surface area contributed by atoms with Gasteiger partial charge in [-0.05, 0) is 25.1 Å². The molecule has 0 N–H and O–H groups in total. The molecule has 0 radical (unpaired) electrons. The zero-order valence-corrected chi connectivity index (χ0v) is 13.7. The first-order valence-corrected chi connectivity index (χ1v) is 7.82. The molecular formula is C18H18N6. The van der Waals surface area contributed by atoms with E-state index in [2.05, 4.69) is 20.1 Å². The van der Waals surface area contributed by atoms with Crippen LogP contribution in [0.3, 0.4) is 0 Å². The number of anilines is 1. The normalized spacial score (nSPS) is 11.1. The van der Waals surface area contributed by atoms with Gasteiger partial charge in [0.15, 0.2) is 5.82 Å². The van der Waals surface area contributed by atoms with E-state index in [9.17, 15) is 0 Å². The molecule has 3 heterocycles. The zero-order chi connectivity index (χ0) is 16.5. The van der Waals surface area contributed by atoms with Gasteiger partial charge in [-0.25, -0.2) is 14.2 Å². The Bertz CT molecular complexity index is 970. The molecular weight excluding hydrogens is 300 g/mol. The van der Waals surface area contributed by atoms with Gasteiger partial charge in [0, 0.05) is 37.7 Å². The molecule has 1 aromatic carbocycles. The molecule has 6 heteroatoms. The standard InChI is InChI=1S/C18H18N6/c1-14-10-17-18(19-8-9-23(17)21-14)22(2)12-15-11-20-24(13-15)16-6-4-3-5-7-16/h3-11,13H,12H2,1-2H3. The smallest absolute Gasteiger partial charge is 0.154 e. The summed E-state index contributed by atoms with van der Waals surface area (Å²) in [5.74, 6) is 0.908. The molecule has 0 aliphatic carbocycles. The molecule has 24 heavy (non-hydrogen) atoms. The van der Waals surface area contributed by atoms with Crippen LogP contribution in [0.1, 0.15) is 11.3 Å². The second kappa shape index (κ2) is 5.81. The van der Waals surface area contributed by atoms with Crippen LogP contribution in [0.5, 0.6) is 0 Å². The molecule has 4 aromatic rings. The van der Waals surface area contributed by atoms with Crippen LogP contribution in [0.2, 0.25) is 0 Å². The van der Waals surface area contributed by atoms with Crippen LogP contribution >= 0.6 is 0 Å². The van der Waals surface area contributed by atoms with Crippen molar-refractivity contribution in [1.82, 2.24) is 24.4 Å². The molecule has 0 aliphatic heterocycles. The maximum atomic E-state index is 4.52. The fraction of sp³-hybridized carbons (Fsp3) is 0.167. The number of rotatable bonds is 4. The number of para-hydroxylation sites is 1. The summed E-state index contributed by atoms with van der Waals surface area (Å²) in [6.07, 6.45) is 7.59. The van der Waals surface area contributed by atoms with Crippen molar-refractivity contribution in [2.24, 2.45) is 0 Å². The van der Waals surface area contributed by atoms with Crippen LogP contribution in [0.4, 0.5) is 5.82 Å². The lowest BCUT2D eigenvalue weighted by molar-refractivity contribution is 0.866. The summed E-state index contributed by atoms with van der Waals surface area (Å²) in [5.41, 5.74) is 4.17. The summed E-state index contributed by atoms with van der Waals surface area (Å²) in [6.45, 7) is 2.71. The van der Waals surface area contributed by atoms with E-state index >= 15 is 0 Å². The fourth-order valence-corrected chi connectivity index (χ4v) is 2.84. The number of hydrogen-bond donors (Lipinski definition) is 0. The minimum Gasteiger partial charge on any atom is -0.353 e. The minimum atomic E-state index is 0.726.